The Morgan fingerprint density at radius 2 is 2.33 bits per heavy atom. The van der Waals surface area contributed by atoms with Crippen molar-refractivity contribution in [3.63, 3.8) is 0 Å². The highest BCUT2D eigenvalue weighted by atomic mass is 35.5. The fraction of sp³-hybridized carbons (Fsp3) is 0.444. The Hall–Kier alpha value is -1.36. The van der Waals surface area contributed by atoms with Crippen LogP contribution in [0.1, 0.15) is 13.3 Å². The van der Waals surface area contributed by atoms with E-state index in [1.54, 1.807) is 17.1 Å². The number of nitrogens with zero attached hydrogens (tertiary/aromatic N) is 2. The molecule has 1 aromatic rings. The SMILES string of the molecule is CC(=O)C(=O)NCCCn1cc(Cl)cn1. The zero-order valence-corrected chi connectivity index (χ0v) is 9.12. The third kappa shape index (κ3) is 4.12. The average molecular weight is 230 g/mol. The van der Waals surface area contributed by atoms with Crippen molar-refractivity contribution in [2.45, 2.75) is 19.9 Å². The van der Waals surface area contributed by atoms with Gasteiger partial charge in [0.05, 0.1) is 11.2 Å². The molecule has 0 unspecified atom stereocenters. The van der Waals surface area contributed by atoms with Gasteiger partial charge in [-0.25, -0.2) is 0 Å². The highest BCUT2D eigenvalue weighted by Crippen LogP contribution is 2.04. The molecule has 1 aromatic heterocycles. The molecule has 0 fully saturated rings. The van der Waals surface area contributed by atoms with Crippen LogP contribution in [0.2, 0.25) is 5.02 Å². The lowest BCUT2D eigenvalue weighted by Crippen LogP contribution is -2.30. The van der Waals surface area contributed by atoms with Crippen LogP contribution in [0.3, 0.4) is 0 Å². The van der Waals surface area contributed by atoms with E-state index in [1.165, 1.54) is 6.92 Å². The summed E-state index contributed by atoms with van der Waals surface area (Å²) in [6.07, 6.45) is 3.96. The lowest BCUT2D eigenvalue weighted by atomic mass is 10.4. The summed E-state index contributed by atoms with van der Waals surface area (Å²) in [6.45, 7) is 2.35. The van der Waals surface area contributed by atoms with Gasteiger partial charge in [-0.3, -0.25) is 14.3 Å². The first kappa shape index (κ1) is 11.7. The smallest absolute Gasteiger partial charge is 0.287 e. The number of hydrogen-bond acceptors (Lipinski definition) is 3. The van der Waals surface area contributed by atoms with E-state index >= 15 is 0 Å². The van der Waals surface area contributed by atoms with Gasteiger partial charge < -0.3 is 5.32 Å². The van der Waals surface area contributed by atoms with Crippen LogP contribution in [-0.2, 0) is 16.1 Å². The molecule has 5 nitrogen and oxygen atoms in total. The Balaban J connectivity index is 2.17. The molecule has 15 heavy (non-hydrogen) atoms. The molecule has 0 saturated carbocycles. The molecule has 1 amide bonds. The van der Waals surface area contributed by atoms with Gasteiger partial charge in [0.1, 0.15) is 0 Å². The van der Waals surface area contributed by atoms with Crippen LogP contribution in [0.4, 0.5) is 0 Å². The number of carbonyl (C=O) groups is 2. The summed E-state index contributed by atoms with van der Waals surface area (Å²) in [5.41, 5.74) is 0. The number of aryl methyl sites for hydroxylation is 1. The van der Waals surface area contributed by atoms with Crippen LogP contribution in [0.5, 0.6) is 0 Å². The summed E-state index contributed by atoms with van der Waals surface area (Å²) < 4.78 is 1.68. The van der Waals surface area contributed by atoms with Crippen molar-refractivity contribution >= 4 is 23.3 Å². The first-order valence-electron chi connectivity index (χ1n) is 4.56. The van der Waals surface area contributed by atoms with Gasteiger partial charge in [0, 0.05) is 26.2 Å². The fourth-order valence-corrected chi connectivity index (χ4v) is 1.18. The Kier molecular flexibility index (Phi) is 4.30. The normalized spacial score (nSPS) is 10.0. The molecular weight excluding hydrogens is 218 g/mol. The average Bonchev–Trinajstić information content (AvgIpc) is 2.58. The van der Waals surface area contributed by atoms with Crippen molar-refractivity contribution in [3.05, 3.63) is 17.4 Å². The number of ketones is 1. The molecule has 0 aromatic carbocycles. The van der Waals surface area contributed by atoms with E-state index in [-0.39, 0.29) is 0 Å². The van der Waals surface area contributed by atoms with E-state index in [2.05, 4.69) is 10.4 Å². The summed E-state index contributed by atoms with van der Waals surface area (Å²) in [5.74, 6) is -1.02. The summed E-state index contributed by atoms with van der Waals surface area (Å²) in [4.78, 5) is 21.4. The fourth-order valence-electron chi connectivity index (χ4n) is 1.03. The van der Waals surface area contributed by atoms with E-state index in [1.807, 2.05) is 0 Å². The molecule has 1 N–H and O–H groups in total. The second-order valence-electron chi connectivity index (χ2n) is 3.09. The second-order valence-corrected chi connectivity index (χ2v) is 3.52. The quantitative estimate of drug-likeness (QED) is 0.595. The Morgan fingerprint density at radius 3 is 2.87 bits per heavy atom. The predicted molar refractivity (Wildman–Crippen MR) is 55.5 cm³/mol. The topological polar surface area (TPSA) is 64.0 Å². The monoisotopic (exact) mass is 229 g/mol. The molecular formula is C9H12ClN3O2. The van der Waals surface area contributed by atoms with Gasteiger partial charge in [0.2, 0.25) is 5.78 Å². The maximum absolute atomic E-state index is 10.9. The molecule has 82 valence electrons. The number of amides is 1. The highest BCUT2D eigenvalue weighted by Gasteiger charge is 2.05. The molecule has 0 aliphatic rings. The minimum absolute atomic E-state index is 0.454. The number of carbonyl (C=O) groups excluding carboxylic acids is 2. The minimum Gasteiger partial charge on any atom is -0.349 e. The largest absolute Gasteiger partial charge is 0.349 e. The van der Waals surface area contributed by atoms with Gasteiger partial charge in [-0.05, 0) is 6.42 Å². The molecule has 0 bridgehead atoms. The van der Waals surface area contributed by atoms with E-state index < -0.39 is 11.7 Å². The summed E-state index contributed by atoms with van der Waals surface area (Å²) in [7, 11) is 0. The molecule has 0 spiro atoms. The van der Waals surface area contributed by atoms with Gasteiger partial charge in [-0.1, -0.05) is 11.6 Å². The van der Waals surface area contributed by atoms with Gasteiger partial charge in [-0.2, -0.15) is 5.10 Å². The molecule has 0 saturated heterocycles. The summed E-state index contributed by atoms with van der Waals surface area (Å²) >= 11 is 5.67. The van der Waals surface area contributed by atoms with E-state index in [0.717, 1.165) is 0 Å². The molecule has 1 heterocycles. The van der Waals surface area contributed by atoms with Crippen molar-refractivity contribution in [1.82, 2.24) is 15.1 Å². The van der Waals surface area contributed by atoms with Crippen molar-refractivity contribution < 1.29 is 9.59 Å². The van der Waals surface area contributed by atoms with Crippen LogP contribution in [-0.4, -0.2) is 28.0 Å². The number of nitrogens with one attached hydrogen (secondary N) is 1. The van der Waals surface area contributed by atoms with Gasteiger partial charge in [-0.15, -0.1) is 0 Å². The Bertz CT molecular complexity index is 362. The maximum atomic E-state index is 10.9. The van der Waals surface area contributed by atoms with Crippen LogP contribution < -0.4 is 5.32 Å². The standard InChI is InChI=1S/C9H12ClN3O2/c1-7(14)9(15)11-3-2-4-13-6-8(10)5-12-13/h5-6H,2-4H2,1H3,(H,11,15). The highest BCUT2D eigenvalue weighted by molar-refractivity contribution is 6.35. The molecule has 0 aliphatic heterocycles. The zero-order chi connectivity index (χ0) is 11.3. The van der Waals surface area contributed by atoms with Gasteiger partial charge in [0.15, 0.2) is 0 Å². The number of rotatable bonds is 5. The van der Waals surface area contributed by atoms with Crippen LogP contribution >= 0.6 is 11.6 Å². The van der Waals surface area contributed by atoms with Crippen molar-refractivity contribution in [1.29, 1.82) is 0 Å². The lowest BCUT2D eigenvalue weighted by molar-refractivity contribution is -0.136. The Morgan fingerprint density at radius 1 is 1.60 bits per heavy atom. The van der Waals surface area contributed by atoms with E-state index in [9.17, 15) is 9.59 Å². The lowest BCUT2D eigenvalue weighted by Gasteiger charge is -2.02. The second kappa shape index (κ2) is 5.50. The number of hydrogen-bond donors (Lipinski definition) is 1. The Labute approximate surface area is 92.4 Å². The predicted octanol–water partition coefficient (Wildman–Crippen LogP) is 0.632. The van der Waals surface area contributed by atoms with E-state index in [4.69, 9.17) is 11.6 Å². The van der Waals surface area contributed by atoms with Crippen molar-refractivity contribution in [2.24, 2.45) is 0 Å². The molecule has 1 rings (SSSR count). The third-order valence-corrected chi connectivity index (χ3v) is 1.97. The first-order chi connectivity index (χ1) is 7.09. The number of aromatic nitrogens is 2. The van der Waals surface area contributed by atoms with E-state index in [0.29, 0.717) is 24.5 Å². The minimum atomic E-state index is -0.548. The molecule has 0 atom stereocenters. The summed E-state index contributed by atoms with van der Waals surface area (Å²) in [5, 5.41) is 7.06. The van der Waals surface area contributed by atoms with Gasteiger partial charge in [0.25, 0.3) is 5.91 Å². The molecule has 0 aliphatic carbocycles. The van der Waals surface area contributed by atoms with Crippen LogP contribution in [0, 0.1) is 0 Å². The number of Topliss-reactive ketones (excluding diaryl/α,β-unsaturated/α-hetero) is 1. The maximum Gasteiger partial charge on any atom is 0.287 e. The first-order valence-corrected chi connectivity index (χ1v) is 4.94. The molecule has 0 radical (unpaired) electrons. The molecule has 6 heteroatoms. The van der Waals surface area contributed by atoms with Crippen LogP contribution in [0.15, 0.2) is 12.4 Å². The van der Waals surface area contributed by atoms with Gasteiger partial charge >= 0.3 is 0 Å². The van der Waals surface area contributed by atoms with Crippen molar-refractivity contribution in [2.75, 3.05) is 6.54 Å². The summed E-state index contributed by atoms with van der Waals surface area (Å²) in [6, 6.07) is 0. The zero-order valence-electron chi connectivity index (χ0n) is 8.36. The van der Waals surface area contributed by atoms with Crippen molar-refractivity contribution in [3.8, 4) is 0 Å². The third-order valence-electron chi connectivity index (χ3n) is 1.77. The van der Waals surface area contributed by atoms with Crippen LogP contribution in [0.25, 0.3) is 0 Å². The number of halogens is 1.